The van der Waals surface area contributed by atoms with Crippen LogP contribution in [0.2, 0.25) is 0 Å². The molecule has 4 heteroatoms. The highest BCUT2D eigenvalue weighted by molar-refractivity contribution is 9.10. The van der Waals surface area contributed by atoms with Crippen molar-refractivity contribution in [3.05, 3.63) is 58.1 Å². The molecule has 2 aromatic carbocycles. The summed E-state index contributed by atoms with van der Waals surface area (Å²) in [6.07, 6.45) is 0. The Bertz CT molecular complexity index is 586. The average molecular weight is 335 g/mol. The van der Waals surface area contributed by atoms with E-state index in [0.717, 1.165) is 28.0 Å². The minimum atomic E-state index is 0.233. The van der Waals surface area contributed by atoms with Gasteiger partial charge in [0.25, 0.3) is 0 Å². The van der Waals surface area contributed by atoms with Crippen LogP contribution in [0.15, 0.2) is 46.9 Å². The molecule has 0 aliphatic rings. The van der Waals surface area contributed by atoms with Crippen molar-refractivity contribution >= 4 is 21.6 Å². The lowest BCUT2D eigenvalue weighted by atomic mass is 10.1. The van der Waals surface area contributed by atoms with Crippen molar-refractivity contribution in [1.29, 1.82) is 0 Å². The molecule has 2 aromatic rings. The molecule has 3 N–H and O–H groups in total. The van der Waals surface area contributed by atoms with Crippen LogP contribution in [0.25, 0.3) is 0 Å². The van der Waals surface area contributed by atoms with Gasteiger partial charge in [0.15, 0.2) is 0 Å². The Morgan fingerprint density at radius 2 is 2.00 bits per heavy atom. The van der Waals surface area contributed by atoms with E-state index in [4.69, 9.17) is 10.5 Å². The Morgan fingerprint density at radius 1 is 1.25 bits per heavy atom. The van der Waals surface area contributed by atoms with Crippen molar-refractivity contribution < 1.29 is 4.74 Å². The molecule has 0 aromatic heterocycles. The Hall–Kier alpha value is -1.52. The van der Waals surface area contributed by atoms with Gasteiger partial charge in [-0.05, 0) is 52.2 Å². The van der Waals surface area contributed by atoms with Crippen LogP contribution in [0.1, 0.15) is 24.1 Å². The van der Waals surface area contributed by atoms with E-state index >= 15 is 0 Å². The number of methoxy groups -OCH3 is 1. The van der Waals surface area contributed by atoms with E-state index in [0.29, 0.717) is 0 Å². The van der Waals surface area contributed by atoms with Crippen LogP contribution in [-0.2, 0) is 6.54 Å². The number of para-hydroxylation sites is 1. The zero-order valence-electron chi connectivity index (χ0n) is 11.7. The Labute approximate surface area is 128 Å². The number of anilines is 1. The van der Waals surface area contributed by atoms with Crippen LogP contribution in [0.4, 0.5) is 5.69 Å². The standard InChI is InChI=1S/C16H19BrN2O/c1-11(12-7-8-16(20-2)14(17)9-12)19-10-13-5-3-4-6-15(13)18/h3-9,11,19H,10,18H2,1-2H3. The normalized spacial score (nSPS) is 12.2. The second kappa shape index (κ2) is 6.77. The molecule has 106 valence electrons. The topological polar surface area (TPSA) is 47.3 Å². The number of ether oxygens (including phenoxy) is 1. The van der Waals surface area contributed by atoms with Crippen LogP contribution in [0.5, 0.6) is 5.75 Å². The molecule has 0 aliphatic carbocycles. The van der Waals surface area contributed by atoms with Crippen LogP contribution >= 0.6 is 15.9 Å². The molecular formula is C16H19BrN2O. The van der Waals surface area contributed by atoms with Gasteiger partial charge in [0.05, 0.1) is 11.6 Å². The minimum absolute atomic E-state index is 0.233. The number of nitrogens with one attached hydrogen (secondary N) is 1. The summed E-state index contributed by atoms with van der Waals surface area (Å²) in [6, 6.07) is 14.3. The predicted molar refractivity (Wildman–Crippen MR) is 86.8 cm³/mol. The maximum Gasteiger partial charge on any atom is 0.133 e. The first-order valence-electron chi connectivity index (χ1n) is 6.52. The second-order valence-corrected chi connectivity index (χ2v) is 5.55. The molecule has 3 nitrogen and oxygen atoms in total. The lowest BCUT2D eigenvalue weighted by Gasteiger charge is -2.16. The fraction of sp³-hybridized carbons (Fsp3) is 0.250. The maximum atomic E-state index is 5.94. The van der Waals surface area contributed by atoms with Gasteiger partial charge in [-0.2, -0.15) is 0 Å². The molecule has 0 saturated carbocycles. The summed E-state index contributed by atoms with van der Waals surface area (Å²) in [6.45, 7) is 2.88. The summed E-state index contributed by atoms with van der Waals surface area (Å²) >= 11 is 3.51. The van der Waals surface area contributed by atoms with Gasteiger partial charge in [0, 0.05) is 18.3 Å². The van der Waals surface area contributed by atoms with E-state index in [-0.39, 0.29) is 6.04 Å². The molecule has 1 unspecified atom stereocenters. The Balaban J connectivity index is 2.03. The van der Waals surface area contributed by atoms with Crippen LogP contribution in [0.3, 0.4) is 0 Å². The van der Waals surface area contributed by atoms with Gasteiger partial charge >= 0.3 is 0 Å². The lowest BCUT2D eigenvalue weighted by Crippen LogP contribution is -2.18. The summed E-state index contributed by atoms with van der Waals surface area (Å²) in [7, 11) is 1.67. The molecule has 0 heterocycles. The van der Waals surface area contributed by atoms with Gasteiger partial charge < -0.3 is 15.8 Å². The van der Waals surface area contributed by atoms with Gasteiger partial charge in [0.2, 0.25) is 0 Å². The smallest absolute Gasteiger partial charge is 0.133 e. The number of nitrogens with two attached hydrogens (primary N) is 1. The fourth-order valence-electron chi connectivity index (χ4n) is 2.03. The monoisotopic (exact) mass is 334 g/mol. The molecule has 2 rings (SSSR count). The summed E-state index contributed by atoms with van der Waals surface area (Å²) in [5.74, 6) is 0.841. The number of rotatable bonds is 5. The van der Waals surface area contributed by atoms with Crippen LogP contribution < -0.4 is 15.8 Å². The molecule has 1 atom stereocenters. The molecule has 0 spiro atoms. The molecule has 0 fully saturated rings. The van der Waals surface area contributed by atoms with Gasteiger partial charge in [0.1, 0.15) is 5.75 Å². The van der Waals surface area contributed by atoms with Gasteiger partial charge in [-0.15, -0.1) is 0 Å². The van der Waals surface area contributed by atoms with Crippen LogP contribution in [0, 0.1) is 0 Å². The fourth-order valence-corrected chi connectivity index (χ4v) is 2.59. The van der Waals surface area contributed by atoms with Crippen LogP contribution in [-0.4, -0.2) is 7.11 Å². The number of hydrogen-bond donors (Lipinski definition) is 2. The van der Waals surface area contributed by atoms with E-state index in [1.807, 2.05) is 30.3 Å². The van der Waals surface area contributed by atoms with E-state index in [1.165, 1.54) is 5.56 Å². The number of hydrogen-bond acceptors (Lipinski definition) is 3. The van der Waals surface area contributed by atoms with Crippen molar-refractivity contribution in [3.63, 3.8) is 0 Å². The van der Waals surface area contributed by atoms with Crippen molar-refractivity contribution in [1.82, 2.24) is 5.32 Å². The Kier molecular flexibility index (Phi) is 5.04. The molecular weight excluding hydrogens is 316 g/mol. The SMILES string of the molecule is COc1ccc(C(C)NCc2ccccc2N)cc1Br. The first kappa shape index (κ1) is 14.9. The van der Waals surface area contributed by atoms with E-state index < -0.39 is 0 Å². The zero-order valence-corrected chi connectivity index (χ0v) is 13.3. The third-order valence-corrected chi connectivity index (χ3v) is 3.95. The summed E-state index contributed by atoms with van der Waals surface area (Å²) < 4.78 is 6.20. The van der Waals surface area contributed by atoms with Crippen molar-refractivity contribution in [2.45, 2.75) is 19.5 Å². The third-order valence-electron chi connectivity index (χ3n) is 3.33. The quantitative estimate of drug-likeness (QED) is 0.815. The van der Waals surface area contributed by atoms with Crippen molar-refractivity contribution in [3.8, 4) is 5.75 Å². The summed E-state index contributed by atoms with van der Waals surface area (Å²) in [5.41, 5.74) is 9.08. The van der Waals surface area contributed by atoms with E-state index in [9.17, 15) is 0 Å². The first-order valence-corrected chi connectivity index (χ1v) is 7.31. The summed E-state index contributed by atoms with van der Waals surface area (Å²) in [4.78, 5) is 0. The van der Waals surface area contributed by atoms with E-state index in [2.05, 4.69) is 40.3 Å². The molecule has 0 radical (unpaired) electrons. The van der Waals surface area contributed by atoms with Gasteiger partial charge in [-0.3, -0.25) is 0 Å². The number of halogens is 1. The van der Waals surface area contributed by atoms with E-state index in [1.54, 1.807) is 7.11 Å². The highest BCUT2D eigenvalue weighted by Gasteiger charge is 2.08. The zero-order chi connectivity index (χ0) is 14.5. The number of nitrogen functional groups attached to an aromatic ring is 1. The largest absolute Gasteiger partial charge is 0.496 e. The van der Waals surface area contributed by atoms with Crippen molar-refractivity contribution in [2.75, 3.05) is 12.8 Å². The molecule has 0 saturated heterocycles. The third kappa shape index (κ3) is 3.52. The lowest BCUT2D eigenvalue weighted by molar-refractivity contribution is 0.411. The second-order valence-electron chi connectivity index (χ2n) is 4.70. The Morgan fingerprint density at radius 3 is 2.65 bits per heavy atom. The van der Waals surface area contributed by atoms with Gasteiger partial charge in [-0.1, -0.05) is 24.3 Å². The van der Waals surface area contributed by atoms with Crippen molar-refractivity contribution in [2.24, 2.45) is 0 Å². The molecule has 0 amide bonds. The highest BCUT2D eigenvalue weighted by atomic mass is 79.9. The first-order chi connectivity index (χ1) is 9.61. The minimum Gasteiger partial charge on any atom is -0.496 e. The molecule has 0 bridgehead atoms. The molecule has 20 heavy (non-hydrogen) atoms. The number of benzene rings is 2. The highest BCUT2D eigenvalue weighted by Crippen LogP contribution is 2.28. The van der Waals surface area contributed by atoms with Gasteiger partial charge in [-0.25, -0.2) is 0 Å². The summed E-state index contributed by atoms with van der Waals surface area (Å²) in [5, 5.41) is 3.48. The molecule has 0 aliphatic heterocycles. The maximum absolute atomic E-state index is 5.94. The average Bonchev–Trinajstić information content (AvgIpc) is 2.46. The predicted octanol–water partition coefficient (Wildman–Crippen LogP) is 3.89.